The van der Waals surface area contributed by atoms with Crippen molar-refractivity contribution in [2.24, 2.45) is 0 Å². The quantitative estimate of drug-likeness (QED) is 0.501. The lowest BCUT2D eigenvalue weighted by Crippen LogP contribution is -2.11. The van der Waals surface area contributed by atoms with E-state index < -0.39 is 0 Å². The van der Waals surface area contributed by atoms with E-state index in [4.69, 9.17) is 4.74 Å². The summed E-state index contributed by atoms with van der Waals surface area (Å²) in [6.07, 6.45) is 0. The maximum atomic E-state index is 12.9. The van der Waals surface area contributed by atoms with Gasteiger partial charge in [-0.05, 0) is 49.4 Å². The van der Waals surface area contributed by atoms with Gasteiger partial charge in [0.2, 0.25) is 0 Å². The highest BCUT2D eigenvalue weighted by atomic mass is 32.2. The van der Waals surface area contributed by atoms with Crippen LogP contribution >= 0.6 is 23.1 Å². The molecule has 5 nitrogen and oxygen atoms in total. The first kappa shape index (κ1) is 18.3. The van der Waals surface area contributed by atoms with Crippen molar-refractivity contribution in [2.75, 3.05) is 17.7 Å². The molecule has 1 amide bonds. The third kappa shape index (κ3) is 4.59. The smallest absolute Gasteiger partial charge is 0.316 e. The SMILES string of the molecule is CCOC(=O)CSc1nc2ccc(NC(=O)c3ccc(F)cc3)cc2s1. The number of carbonyl (C=O) groups excluding carboxylic acids is 2. The lowest BCUT2D eigenvalue weighted by molar-refractivity contribution is -0.139. The first-order valence-electron chi connectivity index (χ1n) is 7.81. The van der Waals surface area contributed by atoms with E-state index in [2.05, 4.69) is 10.3 Å². The molecule has 0 aliphatic heterocycles. The molecule has 26 heavy (non-hydrogen) atoms. The predicted molar refractivity (Wildman–Crippen MR) is 101 cm³/mol. The fourth-order valence-corrected chi connectivity index (χ4v) is 4.08. The number of hydrogen-bond donors (Lipinski definition) is 1. The van der Waals surface area contributed by atoms with E-state index in [1.54, 1.807) is 19.1 Å². The van der Waals surface area contributed by atoms with Gasteiger partial charge in [-0.15, -0.1) is 11.3 Å². The Kier molecular flexibility index (Phi) is 5.85. The van der Waals surface area contributed by atoms with Gasteiger partial charge in [0.25, 0.3) is 5.91 Å². The number of amides is 1. The molecule has 0 saturated carbocycles. The van der Waals surface area contributed by atoms with Gasteiger partial charge < -0.3 is 10.1 Å². The van der Waals surface area contributed by atoms with E-state index in [-0.39, 0.29) is 23.4 Å². The lowest BCUT2D eigenvalue weighted by atomic mass is 10.2. The Balaban J connectivity index is 1.69. The topological polar surface area (TPSA) is 68.3 Å². The first-order valence-corrected chi connectivity index (χ1v) is 9.61. The van der Waals surface area contributed by atoms with Crippen LogP contribution in [0, 0.1) is 5.82 Å². The number of thiazole rings is 1. The Bertz CT molecular complexity index is 941. The number of thioether (sulfide) groups is 1. The molecular weight excluding hydrogens is 375 g/mol. The average Bonchev–Trinajstić information content (AvgIpc) is 3.03. The molecule has 0 aliphatic rings. The van der Waals surface area contributed by atoms with Crippen molar-refractivity contribution in [3.63, 3.8) is 0 Å². The fraction of sp³-hybridized carbons (Fsp3) is 0.167. The maximum Gasteiger partial charge on any atom is 0.316 e. The zero-order chi connectivity index (χ0) is 18.5. The van der Waals surface area contributed by atoms with Crippen LogP contribution in [0.4, 0.5) is 10.1 Å². The standard InChI is InChI=1S/C18H15FN2O3S2/c1-2-24-16(22)10-25-18-21-14-8-7-13(9-15(14)26-18)20-17(23)11-3-5-12(19)6-4-11/h3-9H,2,10H2,1H3,(H,20,23). The van der Waals surface area contributed by atoms with Gasteiger partial charge in [0.1, 0.15) is 5.82 Å². The Morgan fingerprint density at radius 1 is 1.23 bits per heavy atom. The molecule has 0 aliphatic carbocycles. The summed E-state index contributed by atoms with van der Waals surface area (Å²) in [5, 5.41) is 2.78. The second kappa shape index (κ2) is 8.29. The molecule has 0 spiro atoms. The molecule has 0 fully saturated rings. The molecule has 3 aromatic rings. The highest BCUT2D eigenvalue weighted by Gasteiger charge is 2.11. The molecule has 1 heterocycles. The molecule has 3 rings (SSSR count). The Morgan fingerprint density at radius 3 is 2.73 bits per heavy atom. The minimum Gasteiger partial charge on any atom is -0.465 e. The number of benzene rings is 2. The second-order valence-electron chi connectivity index (χ2n) is 5.22. The molecule has 1 aromatic heterocycles. The number of halogens is 1. The summed E-state index contributed by atoms with van der Waals surface area (Å²) < 4.78 is 19.5. The summed E-state index contributed by atoms with van der Waals surface area (Å²) >= 11 is 2.76. The molecular formula is C18H15FN2O3S2. The molecule has 0 atom stereocenters. The van der Waals surface area contributed by atoms with Gasteiger partial charge in [-0.25, -0.2) is 9.37 Å². The number of carbonyl (C=O) groups is 2. The molecule has 2 aromatic carbocycles. The number of fused-ring (bicyclic) bond motifs is 1. The monoisotopic (exact) mass is 390 g/mol. The van der Waals surface area contributed by atoms with Crippen LogP contribution in [-0.4, -0.2) is 29.2 Å². The number of nitrogens with zero attached hydrogens (tertiary/aromatic N) is 1. The minimum atomic E-state index is -0.388. The Hall–Kier alpha value is -2.45. The van der Waals surface area contributed by atoms with E-state index in [9.17, 15) is 14.0 Å². The van der Waals surface area contributed by atoms with Crippen LogP contribution in [0.5, 0.6) is 0 Å². The molecule has 0 saturated heterocycles. The largest absolute Gasteiger partial charge is 0.465 e. The van der Waals surface area contributed by atoms with Crippen LogP contribution in [0.25, 0.3) is 10.2 Å². The number of aromatic nitrogens is 1. The molecule has 134 valence electrons. The van der Waals surface area contributed by atoms with Gasteiger partial charge >= 0.3 is 5.97 Å². The number of esters is 1. The van der Waals surface area contributed by atoms with Crippen LogP contribution in [0.15, 0.2) is 46.8 Å². The van der Waals surface area contributed by atoms with Gasteiger partial charge in [-0.2, -0.15) is 0 Å². The zero-order valence-electron chi connectivity index (χ0n) is 13.8. The molecule has 0 unspecified atom stereocenters. The Labute approximate surface area is 157 Å². The van der Waals surface area contributed by atoms with Gasteiger partial charge in [0.15, 0.2) is 4.34 Å². The third-order valence-corrected chi connectivity index (χ3v) is 5.49. The lowest BCUT2D eigenvalue weighted by Gasteiger charge is -2.05. The van der Waals surface area contributed by atoms with Crippen molar-refractivity contribution in [3.8, 4) is 0 Å². The number of rotatable bonds is 6. The second-order valence-corrected chi connectivity index (χ2v) is 7.47. The summed E-state index contributed by atoms with van der Waals surface area (Å²) in [4.78, 5) is 28.1. The highest BCUT2D eigenvalue weighted by Crippen LogP contribution is 2.31. The van der Waals surface area contributed by atoms with Crippen molar-refractivity contribution in [3.05, 3.63) is 53.8 Å². The van der Waals surface area contributed by atoms with Crippen molar-refractivity contribution < 1.29 is 18.7 Å². The Morgan fingerprint density at radius 2 is 2.00 bits per heavy atom. The number of hydrogen-bond acceptors (Lipinski definition) is 6. The first-order chi connectivity index (χ1) is 12.5. The van der Waals surface area contributed by atoms with Crippen molar-refractivity contribution in [2.45, 2.75) is 11.3 Å². The average molecular weight is 390 g/mol. The van der Waals surface area contributed by atoms with Crippen molar-refractivity contribution in [1.82, 2.24) is 4.98 Å². The number of ether oxygens (including phenoxy) is 1. The summed E-state index contributed by atoms with van der Waals surface area (Å²) in [5.74, 6) is -0.766. The summed E-state index contributed by atoms with van der Waals surface area (Å²) in [6.45, 7) is 2.12. The number of nitrogens with one attached hydrogen (secondary N) is 1. The normalized spacial score (nSPS) is 10.7. The highest BCUT2D eigenvalue weighted by molar-refractivity contribution is 8.01. The van der Waals surface area contributed by atoms with Crippen LogP contribution < -0.4 is 5.32 Å². The van der Waals surface area contributed by atoms with Gasteiger partial charge in [-0.3, -0.25) is 9.59 Å². The van der Waals surface area contributed by atoms with E-state index in [1.807, 2.05) is 6.07 Å². The van der Waals surface area contributed by atoms with Crippen LogP contribution in [0.1, 0.15) is 17.3 Å². The molecule has 8 heteroatoms. The van der Waals surface area contributed by atoms with E-state index in [0.29, 0.717) is 17.9 Å². The van der Waals surface area contributed by atoms with Crippen LogP contribution in [0.2, 0.25) is 0 Å². The zero-order valence-corrected chi connectivity index (χ0v) is 15.5. The molecule has 1 N–H and O–H groups in total. The van der Waals surface area contributed by atoms with E-state index >= 15 is 0 Å². The van der Waals surface area contributed by atoms with E-state index in [1.165, 1.54) is 47.4 Å². The third-order valence-electron chi connectivity index (χ3n) is 3.35. The van der Waals surface area contributed by atoms with E-state index in [0.717, 1.165) is 14.6 Å². The minimum absolute atomic E-state index is 0.210. The van der Waals surface area contributed by atoms with Crippen molar-refractivity contribution in [1.29, 1.82) is 0 Å². The summed E-state index contributed by atoms with van der Waals surface area (Å²) in [5.41, 5.74) is 1.79. The fourth-order valence-electron chi connectivity index (χ4n) is 2.17. The van der Waals surface area contributed by atoms with Gasteiger partial charge in [-0.1, -0.05) is 11.8 Å². The molecule has 0 radical (unpaired) electrons. The van der Waals surface area contributed by atoms with Crippen molar-refractivity contribution >= 4 is 50.9 Å². The maximum absolute atomic E-state index is 12.9. The van der Waals surface area contributed by atoms with Crippen LogP contribution in [0.3, 0.4) is 0 Å². The van der Waals surface area contributed by atoms with Gasteiger partial charge in [0, 0.05) is 11.3 Å². The number of anilines is 1. The summed E-state index contributed by atoms with van der Waals surface area (Å²) in [6, 6.07) is 10.7. The molecule has 0 bridgehead atoms. The summed E-state index contributed by atoms with van der Waals surface area (Å²) in [7, 11) is 0. The van der Waals surface area contributed by atoms with Crippen LogP contribution in [-0.2, 0) is 9.53 Å². The predicted octanol–water partition coefficient (Wildman–Crippen LogP) is 4.34. The van der Waals surface area contributed by atoms with Gasteiger partial charge in [0.05, 0.1) is 22.6 Å².